The van der Waals surface area contributed by atoms with E-state index in [1.165, 1.54) is 6.42 Å². The maximum Gasteiger partial charge on any atom is 1.00 e. The van der Waals surface area contributed by atoms with Gasteiger partial charge < -0.3 is 9.90 Å². The molecule has 74 valence electrons. The number of ketones is 1. The van der Waals surface area contributed by atoms with Crippen molar-refractivity contribution in [3.63, 3.8) is 0 Å². The first kappa shape index (κ1) is 15.5. The first-order chi connectivity index (χ1) is 6.18. The van der Waals surface area contributed by atoms with Crippen molar-refractivity contribution >= 4 is 35.3 Å². The number of carbonyl (C=O) groups excluding carboxylic acids is 2. The Balaban J connectivity index is 0.00000169. The van der Waals surface area contributed by atoms with Gasteiger partial charge in [0.2, 0.25) is 0 Å². The molecule has 0 unspecified atom stereocenters. The molecule has 0 spiro atoms. The first-order valence-electron chi connectivity index (χ1n) is 4.13. The third kappa shape index (κ3) is 6.87. The summed E-state index contributed by atoms with van der Waals surface area (Å²) >= 11 is 3.49. The van der Waals surface area contributed by atoms with Crippen LogP contribution in [0.5, 0.6) is 0 Å². The van der Waals surface area contributed by atoms with E-state index in [1.807, 2.05) is 0 Å². The minimum absolute atomic E-state index is 0. The molecule has 0 radical (unpaired) electrons. The van der Waals surface area contributed by atoms with Gasteiger partial charge in [-0.05, 0) is 17.9 Å². The molecule has 1 saturated heterocycles. The van der Waals surface area contributed by atoms with Gasteiger partial charge in [-0.25, -0.2) is 0 Å². The van der Waals surface area contributed by atoms with Crippen LogP contribution in [-0.2, 0) is 9.59 Å². The van der Waals surface area contributed by atoms with Gasteiger partial charge in [-0.3, -0.25) is 4.79 Å². The minimum Gasteiger partial charge on any atom is -0.550 e. The van der Waals surface area contributed by atoms with Gasteiger partial charge in [0.15, 0.2) is 0 Å². The van der Waals surface area contributed by atoms with Crippen molar-refractivity contribution in [1.82, 2.24) is 0 Å². The smallest absolute Gasteiger partial charge is 0.550 e. The van der Waals surface area contributed by atoms with Crippen LogP contribution >= 0.6 is 23.5 Å². The molecule has 0 aromatic carbocycles. The average molecular weight is 258 g/mol. The zero-order valence-electron chi connectivity index (χ0n) is 8.15. The maximum absolute atomic E-state index is 11.1. The predicted octanol–water partition coefficient (Wildman–Crippen LogP) is -2.71. The van der Waals surface area contributed by atoms with Crippen molar-refractivity contribution in [3.8, 4) is 0 Å². The Morgan fingerprint density at radius 2 is 1.86 bits per heavy atom. The Bertz CT molecular complexity index is 205. The molecule has 0 N–H and O–H groups in total. The largest absolute Gasteiger partial charge is 1.00 e. The Morgan fingerprint density at radius 1 is 1.29 bits per heavy atom. The molecule has 14 heavy (non-hydrogen) atoms. The third-order valence-electron chi connectivity index (χ3n) is 1.63. The van der Waals surface area contributed by atoms with Crippen LogP contribution in [0.3, 0.4) is 0 Å². The molecular formula is C8H11KO3S2. The van der Waals surface area contributed by atoms with Crippen molar-refractivity contribution < 1.29 is 66.1 Å². The van der Waals surface area contributed by atoms with Crippen LogP contribution in [-0.4, -0.2) is 27.8 Å². The van der Waals surface area contributed by atoms with E-state index < -0.39 is 12.4 Å². The molecule has 1 fully saturated rings. The van der Waals surface area contributed by atoms with Crippen LogP contribution in [0.4, 0.5) is 0 Å². The molecule has 0 atom stereocenters. The van der Waals surface area contributed by atoms with Gasteiger partial charge in [-0.2, -0.15) is 0 Å². The summed E-state index contributed by atoms with van der Waals surface area (Å²) in [7, 11) is 0. The molecule has 0 aromatic heterocycles. The maximum atomic E-state index is 11.1. The molecule has 1 rings (SSSR count). The zero-order valence-corrected chi connectivity index (χ0v) is 12.9. The molecule has 1 heterocycles. The second-order valence-electron chi connectivity index (χ2n) is 2.82. The SMILES string of the molecule is O=C([O-])CC(=O)CC1SCCCS1.[K+]. The summed E-state index contributed by atoms with van der Waals surface area (Å²) in [6.45, 7) is 0. The summed E-state index contributed by atoms with van der Waals surface area (Å²) in [5, 5.41) is 10.1. The Kier molecular flexibility index (Phi) is 9.52. The van der Waals surface area contributed by atoms with E-state index in [1.54, 1.807) is 23.5 Å². The van der Waals surface area contributed by atoms with Crippen molar-refractivity contribution in [2.24, 2.45) is 0 Å². The molecule has 0 aromatic rings. The van der Waals surface area contributed by atoms with Crippen molar-refractivity contribution in [2.45, 2.75) is 23.8 Å². The number of hydrogen-bond donors (Lipinski definition) is 0. The summed E-state index contributed by atoms with van der Waals surface area (Å²) < 4.78 is 0.264. The van der Waals surface area contributed by atoms with Gasteiger partial charge in [-0.15, -0.1) is 23.5 Å². The number of rotatable bonds is 4. The average Bonchev–Trinajstić information content (AvgIpc) is 2.04. The van der Waals surface area contributed by atoms with Gasteiger partial charge in [0.25, 0.3) is 0 Å². The molecule has 1 aliphatic rings. The summed E-state index contributed by atoms with van der Waals surface area (Å²) in [5.41, 5.74) is 0. The van der Waals surface area contributed by atoms with Crippen molar-refractivity contribution in [1.29, 1.82) is 0 Å². The van der Waals surface area contributed by atoms with E-state index in [0.29, 0.717) is 6.42 Å². The molecule has 0 aliphatic carbocycles. The Hall–Kier alpha value is 1.48. The van der Waals surface area contributed by atoms with E-state index >= 15 is 0 Å². The predicted molar refractivity (Wildman–Crippen MR) is 52.6 cm³/mol. The standard InChI is InChI=1S/C8H12O3S2.K/c9-6(4-7(10)11)5-8-12-2-1-3-13-8;/h8H,1-5H2,(H,10,11);/q;+1/p-1. The number of aliphatic carboxylic acids is 1. The van der Waals surface area contributed by atoms with Gasteiger partial charge in [-0.1, -0.05) is 0 Å². The van der Waals surface area contributed by atoms with Crippen LogP contribution in [0.2, 0.25) is 0 Å². The van der Waals surface area contributed by atoms with Gasteiger partial charge in [0.1, 0.15) is 5.78 Å². The molecule has 6 heteroatoms. The van der Waals surface area contributed by atoms with Crippen LogP contribution in [0.15, 0.2) is 0 Å². The quantitative estimate of drug-likeness (QED) is 0.405. The molecule has 1 aliphatic heterocycles. The van der Waals surface area contributed by atoms with Crippen LogP contribution in [0.25, 0.3) is 0 Å². The van der Waals surface area contributed by atoms with E-state index in [2.05, 4.69) is 0 Å². The summed E-state index contributed by atoms with van der Waals surface area (Å²) in [5.74, 6) is 0.676. The molecule has 0 saturated carbocycles. The molecule has 0 amide bonds. The fraction of sp³-hybridized carbons (Fsp3) is 0.750. The van der Waals surface area contributed by atoms with E-state index in [0.717, 1.165) is 11.5 Å². The van der Waals surface area contributed by atoms with Crippen molar-refractivity contribution in [2.75, 3.05) is 11.5 Å². The van der Waals surface area contributed by atoms with E-state index in [4.69, 9.17) is 0 Å². The number of thioether (sulfide) groups is 2. The molecule has 0 bridgehead atoms. The second-order valence-corrected chi connectivity index (χ2v) is 5.74. The number of carbonyl (C=O) groups is 2. The summed E-state index contributed by atoms with van der Waals surface area (Å²) in [4.78, 5) is 21.2. The Morgan fingerprint density at radius 3 is 2.36 bits per heavy atom. The molecular weight excluding hydrogens is 247 g/mol. The normalized spacial score (nSPS) is 17.1. The topological polar surface area (TPSA) is 57.2 Å². The number of Topliss-reactive ketones (excluding diaryl/α,β-unsaturated/α-hetero) is 1. The summed E-state index contributed by atoms with van der Waals surface area (Å²) in [6, 6.07) is 0. The number of carboxylic acids is 1. The van der Waals surface area contributed by atoms with Crippen molar-refractivity contribution in [3.05, 3.63) is 0 Å². The van der Waals surface area contributed by atoms with Gasteiger partial charge in [0.05, 0.1) is 4.58 Å². The zero-order chi connectivity index (χ0) is 9.68. The second kappa shape index (κ2) is 8.61. The third-order valence-corrected chi connectivity index (χ3v) is 4.57. The number of hydrogen-bond acceptors (Lipinski definition) is 5. The van der Waals surface area contributed by atoms with Crippen LogP contribution < -0.4 is 56.5 Å². The van der Waals surface area contributed by atoms with E-state index in [-0.39, 0.29) is 61.7 Å². The summed E-state index contributed by atoms with van der Waals surface area (Å²) in [6.07, 6.45) is 1.11. The van der Waals surface area contributed by atoms with Crippen LogP contribution in [0, 0.1) is 0 Å². The fourth-order valence-corrected chi connectivity index (χ4v) is 3.97. The Labute approximate surface area is 135 Å². The minimum atomic E-state index is -1.27. The number of carboxylic acid groups (broad SMARTS) is 1. The first-order valence-corrected chi connectivity index (χ1v) is 6.23. The van der Waals surface area contributed by atoms with E-state index in [9.17, 15) is 14.7 Å². The van der Waals surface area contributed by atoms with Gasteiger partial charge in [0, 0.05) is 18.8 Å². The fourth-order valence-electron chi connectivity index (χ4n) is 1.07. The van der Waals surface area contributed by atoms with Gasteiger partial charge >= 0.3 is 51.4 Å². The molecule has 3 nitrogen and oxygen atoms in total. The van der Waals surface area contributed by atoms with Crippen LogP contribution in [0.1, 0.15) is 19.3 Å². The monoisotopic (exact) mass is 258 g/mol.